The summed E-state index contributed by atoms with van der Waals surface area (Å²) < 4.78 is 0. The fraction of sp³-hybridized carbons (Fsp3) is 0.579. The molecular weight excluding hydrogens is 302 g/mol. The summed E-state index contributed by atoms with van der Waals surface area (Å²) in [6, 6.07) is 5.58. The molecule has 5 nitrogen and oxygen atoms in total. The van der Waals surface area contributed by atoms with E-state index in [2.05, 4.69) is 10.6 Å². The van der Waals surface area contributed by atoms with Crippen LogP contribution in [0.15, 0.2) is 18.2 Å². The van der Waals surface area contributed by atoms with Crippen LogP contribution in [0.4, 0.5) is 5.69 Å². The molecule has 0 spiro atoms. The number of hydrogen-bond donors (Lipinski definition) is 2. The Bertz CT molecular complexity index is 572. The molecule has 1 heterocycles. The third-order valence-electron chi connectivity index (χ3n) is 4.57. The maximum Gasteiger partial charge on any atom is 0.245 e. The summed E-state index contributed by atoms with van der Waals surface area (Å²) in [5.41, 5.74) is 3.20. The molecule has 1 fully saturated rings. The zero-order valence-corrected chi connectivity index (χ0v) is 15.2. The van der Waals surface area contributed by atoms with Crippen LogP contribution in [0, 0.1) is 19.8 Å². The van der Waals surface area contributed by atoms with Crippen LogP contribution < -0.4 is 10.6 Å². The second-order valence-corrected chi connectivity index (χ2v) is 6.94. The average Bonchev–Trinajstić information content (AvgIpc) is 3.05. The van der Waals surface area contributed by atoms with Gasteiger partial charge in [-0.1, -0.05) is 32.0 Å². The molecule has 1 aliphatic rings. The lowest BCUT2D eigenvalue weighted by molar-refractivity contribution is -0.136. The van der Waals surface area contributed by atoms with Gasteiger partial charge in [0.25, 0.3) is 0 Å². The molecule has 1 aromatic rings. The molecule has 24 heavy (non-hydrogen) atoms. The van der Waals surface area contributed by atoms with Crippen LogP contribution in [0.3, 0.4) is 0 Å². The number of para-hydroxylation sites is 1. The number of likely N-dealkylation sites (tertiary alicyclic amines) is 1. The molecule has 0 radical (unpaired) electrons. The smallest absolute Gasteiger partial charge is 0.245 e. The first kappa shape index (κ1) is 18.3. The number of anilines is 1. The molecule has 2 amide bonds. The van der Waals surface area contributed by atoms with Crippen LogP contribution >= 0.6 is 0 Å². The van der Waals surface area contributed by atoms with Gasteiger partial charge in [0.05, 0.1) is 6.54 Å². The Morgan fingerprint density at radius 1 is 1.12 bits per heavy atom. The predicted molar refractivity (Wildman–Crippen MR) is 97.0 cm³/mol. The highest BCUT2D eigenvalue weighted by atomic mass is 16.2. The number of aryl methyl sites for hydroxylation is 2. The molecule has 132 valence electrons. The number of hydrogen-bond acceptors (Lipinski definition) is 3. The van der Waals surface area contributed by atoms with E-state index in [9.17, 15) is 9.59 Å². The lowest BCUT2D eigenvalue weighted by atomic mass is 10.0. The van der Waals surface area contributed by atoms with E-state index in [1.165, 1.54) is 0 Å². The first-order chi connectivity index (χ1) is 11.4. The van der Waals surface area contributed by atoms with E-state index in [0.29, 0.717) is 0 Å². The number of nitrogens with zero attached hydrogens (tertiary/aromatic N) is 1. The van der Waals surface area contributed by atoms with Crippen molar-refractivity contribution < 1.29 is 9.59 Å². The molecule has 0 bridgehead atoms. The van der Waals surface area contributed by atoms with Crippen LogP contribution in [0.1, 0.15) is 37.8 Å². The Morgan fingerprint density at radius 3 is 2.25 bits per heavy atom. The third kappa shape index (κ3) is 4.49. The largest absolute Gasteiger partial charge is 0.376 e. The summed E-state index contributed by atoms with van der Waals surface area (Å²) in [4.78, 5) is 26.8. The van der Waals surface area contributed by atoms with Gasteiger partial charge in [0.1, 0.15) is 6.04 Å². The monoisotopic (exact) mass is 331 g/mol. The molecular formula is C19H29N3O2. The van der Waals surface area contributed by atoms with Crippen molar-refractivity contribution in [1.82, 2.24) is 10.2 Å². The van der Waals surface area contributed by atoms with Gasteiger partial charge in [-0.15, -0.1) is 0 Å². The normalized spacial score (nSPS) is 15.5. The second-order valence-electron chi connectivity index (χ2n) is 6.94. The van der Waals surface area contributed by atoms with Crippen LogP contribution in [-0.2, 0) is 9.59 Å². The molecule has 1 saturated heterocycles. The van der Waals surface area contributed by atoms with Crippen molar-refractivity contribution in [2.45, 2.75) is 46.6 Å². The van der Waals surface area contributed by atoms with E-state index < -0.39 is 6.04 Å². The van der Waals surface area contributed by atoms with E-state index in [4.69, 9.17) is 0 Å². The van der Waals surface area contributed by atoms with Crippen LogP contribution in [-0.4, -0.2) is 42.4 Å². The Kier molecular flexibility index (Phi) is 6.23. The quantitative estimate of drug-likeness (QED) is 0.842. The van der Waals surface area contributed by atoms with Gasteiger partial charge in [-0.3, -0.25) is 9.59 Å². The van der Waals surface area contributed by atoms with Gasteiger partial charge >= 0.3 is 0 Å². The minimum absolute atomic E-state index is 0.0444. The van der Waals surface area contributed by atoms with Gasteiger partial charge in [-0.2, -0.15) is 0 Å². The minimum Gasteiger partial charge on any atom is -0.376 e. The molecule has 0 saturated carbocycles. The summed E-state index contributed by atoms with van der Waals surface area (Å²) in [5, 5.41) is 6.11. The molecule has 0 aliphatic carbocycles. The lowest BCUT2D eigenvalue weighted by Gasteiger charge is -2.27. The van der Waals surface area contributed by atoms with Gasteiger partial charge in [-0.05, 0) is 43.7 Å². The molecule has 2 N–H and O–H groups in total. The predicted octanol–water partition coefficient (Wildman–Crippen LogP) is 2.48. The SMILES string of the molecule is Cc1cccc(C)c1NCC(=O)N[C@H](C(=O)N1CCCC1)C(C)C. The van der Waals surface area contributed by atoms with Crippen molar-refractivity contribution in [3.63, 3.8) is 0 Å². The standard InChI is InChI=1S/C19H29N3O2/c1-13(2)17(19(24)22-10-5-6-11-22)21-16(23)12-20-18-14(3)8-7-9-15(18)4/h7-9,13,17,20H,5-6,10-12H2,1-4H3,(H,21,23)/t17-/m0/s1. The minimum atomic E-state index is -0.449. The van der Waals surface area contributed by atoms with Crippen molar-refractivity contribution >= 4 is 17.5 Å². The van der Waals surface area contributed by atoms with Crippen LogP contribution in [0.5, 0.6) is 0 Å². The summed E-state index contributed by atoms with van der Waals surface area (Å²) in [5.74, 6) is -0.0333. The number of nitrogens with one attached hydrogen (secondary N) is 2. The first-order valence-electron chi connectivity index (χ1n) is 8.78. The molecule has 1 aliphatic heterocycles. The molecule has 0 aromatic heterocycles. The van der Waals surface area contributed by atoms with Crippen LogP contribution in [0.25, 0.3) is 0 Å². The van der Waals surface area contributed by atoms with E-state index >= 15 is 0 Å². The highest BCUT2D eigenvalue weighted by Crippen LogP contribution is 2.19. The van der Waals surface area contributed by atoms with Crippen molar-refractivity contribution in [3.05, 3.63) is 29.3 Å². The summed E-state index contributed by atoms with van der Waals surface area (Å²) in [6.07, 6.45) is 2.11. The van der Waals surface area contributed by atoms with Gasteiger partial charge < -0.3 is 15.5 Å². The van der Waals surface area contributed by atoms with Gasteiger partial charge in [0.2, 0.25) is 11.8 Å². The summed E-state index contributed by atoms with van der Waals surface area (Å²) in [6.45, 7) is 9.75. The zero-order valence-electron chi connectivity index (χ0n) is 15.2. The maximum atomic E-state index is 12.6. The Labute approximate surface area is 144 Å². The number of benzene rings is 1. The highest BCUT2D eigenvalue weighted by molar-refractivity contribution is 5.89. The number of amides is 2. The zero-order chi connectivity index (χ0) is 17.7. The van der Waals surface area contributed by atoms with Gasteiger partial charge in [0, 0.05) is 18.8 Å². The van der Waals surface area contributed by atoms with Crippen molar-refractivity contribution in [2.75, 3.05) is 25.0 Å². The number of carbonyl (C=O) groups excluding carboxylic acids is 2. The fourth-order valence-electron chi connectivity index (χ4n) is 3.13. The second kappa shape index (κ2) is 8.18. The van der Waals surface area contributed by atoms with Crippen LogP contribution in [0.2, 0.25) is 0 Å². The molecule has 2 rings (SSSR count). The fourth-order valence-corrected chi connectivity index (χ4v) is 3.13. The third-order valence-corrected chi connectivity index (χ3v) is 4.57. The highest BCUT2D eigenvalue weighted by Gasteiger charge is 2.29. The van der Waals surface area contributed by atoms with Crippen molar-refractivity contribution in [2.24, 2.45) is 5.92 Å². The molecule has 5 heteroatoms. The van der Waals surface area contributed by atoms with E-state index in [1.807, 2.05) is 50.8 Å². The van der Waals surface area contributed by atoms with Crippen molar-refractivity contribution in [3.8, 4) is 0 Å². The average molecular weight is 331 g/mol. The summed E-state index contributed by atoms with van der Waals surface area (Å²) >= 11 is 0. The lowest BCUT2D eigenvalue weighted by Crippen LogP contribution is -2.51. The molecule has 1 aromatic carbocycles. The Hall–Kier alpha value is -2.04. The van der Waals surface area contributed by atoms with Gasteiger partial charge in [0.15, 0.2) is 0 Å². The molecule has 0 unspecified atom stereocenters. The topological polar surface area (TPSA) is 61.4 Å². The van der Waals surface area contributed by atoms with E-state index in [1.54, 1.807) is 0 Å². The Balaban J connectivity index is 1.94. The van der Waals surface area contributed by atoms with E-state index in [-0.39, 0.29) is 24.3 Å². The van der Waals surface area contributed by atoms with E-state index in [0.717, 1.165) is 42.7 Å². The number of rotatable bonds is 6. The maximum absolute atomic E-state index is 12.6. The summed E-state index contributed by atoms with van der Waals surface area (Å²) in [7, 11) is 0. The number of carbonyl (C=O) groups is 2. The molecule has 1 atom stereocenters. The van der Waals surface area contributed by atoms with Crippen molar-refractivity contribution in [1.29, 1.82) is 0 Å². The Morgan fingerprint density at radius 2 is 1.71 bits per heavy atom. The van der Waals surface area contributed by atoms with Gasteiger partial charge in [-0.25, -0.2) is 0 Å². The first-order valence-corrected chi connectivity index (χ1v) is 8.78.